The number of amides is 3. The van der Waals surface area contributed by atoms with Gasteiger partial charge in [0, 0.05) is 5.69 Å². The molecule has 2 aromatic rings. The zero-order valence-electron chi connectivity index (χ0n) is 14.3. The SMILES string of the molecule is O=C1N(Cc2ccccc2)C(=O)C2(CCNCC2)N1c1ccc(F)cc1. The molecule has 0 aromatic heterocycles. The lowest BCUT2D eigenvalue weighted by Gasteiger charge is -2.38. The Morgan fingerprint density at radius 1 is 0.962 bits per heavy atom. The molecule has 2 aliphatic rings. The summed E-state index contributed by atoms with van der Waals surface area (Å²) in [5.74, 6) is -0.538. The summed E-state index contributed by atoms with van der Waals surface area (Å²) >= 11 is 0. The summed E-state index contributed by atoms with van der Waals surface area (Å²) in [6.45, 7) is 1.57. The van der Waals surface area contributed by atoms with E-state index in [1.165, 1.54) is 17.0 Å². The zero-order valence-corrected chi connectivity index (χ0v) is 14.3. The third-order valence-electron chi connectivity index (χ3n) is 5.19. The normalized spacial score (nSPS) is 19.4. The van der Waals surface area contributed by atoms with Gasteiger partial charge in [0.1, 0.15) is 11.4 Å². The monoisotopic (exact) mass is 353 g/mol. The molecule has 2 aromatic carbocycles. The van der Waals surface area contributed by atoms with E-state index >= 15 is 0 Å². The summed E-state index contributed by atoms with van der Waals surface area (Å²) in [5, 5.41) is 3.25. The highest BCUT2D eigenvalue weighted by molar-refractivity contribution is 6.16. The first kappa shape index (κ1) is 16.7. The maximum Gasteiger partial charge on any atom is 0.332 e. The Balaban J connectivity index is 1.74. The number of halogens is 1. The van der Waals surface area contributed by atoms with Crippen molar-refractivity contribution in [3.05, 3.63) is 66.0 Å². The van der Waals surface area contributed by atoms with Crippen LogP contribution in [0.4, 0.5) is 14.9 Å². The fourth-order valence-electron chi connectivity index (χ4n) is 3.87. The molecule has 2 aliphatic heterocycles. The van der Waals surface area contributed by atoms with Crippen molar-refractivity contribution in [3.63, 3.8) is 0 Å². The first-order valence-electron chi connectivity index (χ1n) is 8.78. The second-order valence-corrected chi connectivity index (χ2v) is 6.75. The van der Waals surface area contributed by atoms with Crippen LogP contribution in [0.3, 0.4) is 0 Å². The molecular weight excluding hydrogens is 333 g/mol. The Morgan fingerprint density at radius 2 is 1.62 bits per heavy atom. The number of imide groups is 1. The lowest BCUT2D eigenvalue weighted by Crippen LogP contribution is -2.56. The topological polar surface area (TPSA) is 52.7 Å². The number of piperidine rings is 1. The van der Waals surface area contributed by atoms with E-state index in [9.17, 15) is 14.0 Å². The molecule has 0 saturated carbocycles. The molecular formula is C20H20FN3O2. The van der Waals surface area contributed by atoms with Crippen molar-refractivity contribution >= 4 is 17.6 Å². The maximum absolute atomic E-state index is 13.4. The third kappa shape index (κ3) is 2.66. The minimum atomic E-state index is -0.894. The predicted molar refractivity (Wildman–Crippen MR) is 96.1 cm³/mol. The molecule has 2 heterocycles. The highest BCUT2D eigenvalue weighted by Crippen LogP contribution is 2.40. The number of benzene rings is 2. The van der Waals surface area contributed by atoms with Crippen LogP contribution in [0.15, 0.2) is 54.6 Å². The van der Waals surface area contributed by atoms with Gasteiger partial charge in [0.05, 0.1) is 6.54 Å². The smallest absolute Gasteiger partial charge is 0.317 e. The van der Waals surface area contributed by atoms with Gasteiger partial charge in [-0.2, -0.15) is 0 Å². The van der Waals surface area contributed by atoms with Gasteiger partial charge < -0.3 is 5.32 Å². The van der Waals surface area contributed by atoms with Crippen molar-refractivity contribution in [2.45, 2.75) is 24.9 Å². The van der Waals surface area contributed by atoms with Gasteiger partial charge in [0.15, 0.2) is 0 Å². The zero-order chi connectivity index (χ0) is 18.1. The third-order valence-corrected chi connectivity index (χ3v) is 5.19. The number of nitrogens with zero attached hydrogens (tertiary/aromatic N) is 2. The number of hydrogen-bond donors (Lipinski definition) is 1. The molecule has 26 heavy (non-hydrogen) atoms. The number of hydrogen-bond acceptors (Lipinski definition) is 3. The van der Waals surface area contributed by atoms with E-state index in [0.717, 1.165) is 5.56 Å². The Bertz CT molecular complexity index is 817. The lowest BCUT2D eigenvalue weighted by atomic mass is 9.86. The summed E-state index contributed by atoms with van der Waals surface area (Å²) < 4.78 is 13.4. The van der Waals surface area contributed by atoms with Crippen molar-refractivity contribution in [3.8, 4) is 0 Å². The number of nitrogens with one attached hydrogen (secondary N) is 1. The summed E-state index contributed by atoms with van der Waals surface area (Å²) in [4.78, 5) is 29.4. The van der Waals surface area contributed by atoms with E-state index < -0.39 is 5.54 Å². The first-order valence-corrected chi connectivity index (χ1v) is 8.78. The number of anilines is 1. The molecule has 0 radical (unpaired) electrons. The molecule has 3 amide bonds. The highest BCUT2D eigenvalue weighted by Gasteiger charge is 2.57. The summed E-state index contributed by atoms with van der Waals surface area (Å²) in [6, 6.07) is 14.9. The van der Waals surface area contributed by atoms with E-state index in [1.807, 2.05) is 30.3 Å². The largest absolute Gasteiger partial charge is 0.332 e. The number of urea groups is 1. The van der Waals surface area contributed by atoms with Gasteiger partial charge in [-0.1, -0.05) is 30.3 Å². The van der Waals surface area contributed by atoms with Crippen LogP contribution in [-0.2, 0) is 11.3 Å². The second kappa shape index (κ2) is 6.53. The van der Waals surface area contributed by atoms with Gasteiger partial charge in [-0.25, -0.2) is 9.18 Å². The second-order valence-electron chi connectivity index (χ2n) is 6.75. The van der Waals surface area contributed by atoms with Crippen LogP contribution in [0.5, 0.6) is 0 Å². The molecule has 1 spiro atoms. The van der Waals surface area contributed by atoms with Crippen LogP contribution >= 0.6 is 0 Å². The van der Waals surface area contributed by atoms with Gasteiger partial charge in [0.2, 0.25) is 0 Å². The van der Waals surface area contributed by atoms with Gasteiger partial charge in [-0.3, -0.25) is 14.6 Å². The molecule has 4 rings (SSSR count). The fourth-order valence-corrected chi connectivity index (χ4v) is 3.87. The molecule has 2 saturated heterocycles. The number of carbonyl (C=O) groups is 2. The van der Waals surface area contributed by atoms with Crippen molar-refractivity contribution < 1.29 is 14.0 Å². The van der Waals surface area contributed by atoms with Crippen LogP contribution < -0.4 is 10.2 Å². The number of rotatable bonds is 3. The molecule has 0 atom stereocenters. The van der Waals surface area contributed by atoms with Gasteiger partial charge in [0.25, 0.3) is 5.91 Å². The van der Waals surface area contributed by atoms with E-state index in [2.05, 4.69) is 5.32 Å². The number of carbonyl (C=O) groups excluding carboxylic acids is 2. The van der Waals surface area contributed by atoms with Gasteiger partial charge >= 0.3 is 6.03 Å². The fraction of sp³-hybridized carbons (Fsp3) is 0.300. The predicted octanol–water partition coefficient (Wildman–Crippen LogP) is 2.92. The standard InChI is InChI=1S/C20H20FN3O2/c21-16-6-8-17(9-7-16)24-19(26)23(14-15-4-2-1-3-5-15)18(25)20(24)10-12-22-13-11-20/h1-9,22H,10-14H2. The van der Waals surface area contributed by atoms with Gasteiger partial charge in [-0.15, -0.1) is 0 Å². The molecule has 6 heteroatoms. The molecule has 0 unspecified atom stereocenters. The molecule has 0 bridgehead atoms. The van der Waals surface area contributed by atoms with Crippen molar-refractivity contribution in [1.82, 2.24) is 10.2 Å². The summed E-state index contributed by atoms with van der Waals surface area (Å²) in [5.41, 5.74) is 0.566. The molecule has 5 nitrogen and oxygen atoms in total. The van der Waals surface area contributed by atoms with Crippen LogP contribution in [0.1, 0.15) is 18.4 Å². The van der Waals surface area contributed by atoms with E-state index in [-0.39, 0.29) is 24.3 Å². The van der Waals surface area contributed by atoms with Crippen LogP contribution in [0, 0.1) is 5.82 Å². The Kier molecular flexibility index (Phi) is 4.20. The van der Waals surface area contributed by atoms with E-state index in [4.69, 9.17) is 0 Å². The van der Waals surface area contributed by atoms with E-state index in [0.29, 0.717) is 31.6 Å². The Morgan fingerprint density at radius 3 is 2.27 bits per heavy atom. The molecule has 2 fully saturated rings. The van der Waals surface area contributed by atoms with Crippen LogP contribution in [-0.4, -0.2) is 35.5 Å². The average Bonchev–Trinajstić information content (AvgIpc) is 2.86. The molecule has 0 aliphatic carbocycles. The maximum atomic E-state index is 13.4. The average molecular weight is 353 g/mol. The first-order chi connectivity index (χ1) is 12.6. The van der Waals surface area contributed by atoms with Crippen molar-refractivity contribution in [2.75, 3.05) is 18.0 Å². The molecule has 1 N–H and O–H groups in total. The van der Waals surface area contributed by atoms with Crippen LogP contribution in [0.25, 0.3) is 0 Å². The van der Waals surface area contributed by atoms with Crippen molar-refractivity contribution in [2.24, 2.45) is 0 Å². The lowest BCUT2D eigenvalue weighted by molar-refractivity contribution is -0.132. The highest BCUT2D eigenvalue weighted by atomic mass is 19.1. The van der Waals surface area contributed by atoms with Crippen molar-refractivity contribution in [1.29, 1.82) is 0 Å². The van der Waals surface area contributed by atoms with E-state index in [1.54, 1.807) is 17.0 Å². The minimum absolute atomic E-state index is 0.169. The molecule has 134 valence electrons. The van der Waals surface area contributed by atoms with Gasteiger partial charge in [-0.05, 0) is 55.8 Å². The Hall–Kier alpha value is -2.73. The van der Waals surface area contributed by atoms with Crippen LogP contribution in [0.2, 0.25) is 0 Å². The summed E-state index contributed by atoms with van der Waals surface area (Å²) in [6.07, 6.45) is 1.08. The minimum Gasteiger partial charge on any atom is -0.317 e. The quantitative estimate of drug-likeness (QED) is 0.864. The Labute approximate surface area is 151 Å². The summed E-state index contributed by atoms with van der Waals surface area (Å²) in [7, 11) is 0.